The van der Waals surface area contributed by atoms with E-state index in [-0.39, 0.29) is 5.56 Å². The topological polar surface area (TPSA) is 49.8 Å². The molecule has 66 valence electrons. The molecule has 0 aliphatic rings. The largest absolute Gasteiger partial charge is 0.280 e. The minimum atomic E-state index is -0.122. The van der Waals surface area contributed by atoms with Crippen LogP contribution >= 0.6 is 0 Å². The second-order valence-corrected chi connectivity index (χ2v) is 2.64. The Bertz CT molecular complexity index is 429. The predicted octanol–water partition coefficient (Wildman–Crippen LogP) is 1.05. The molecule has 0 amide bonds. The number of hydrogen-bond donors (Lipinski definition) is 2. The maximum atomic E-state index is 10.8. The highest BCUT2D eigenvalue weighted by molar-refractivity contribution is 5.41. The van der Waals surface area contributed by atoms with Gasteiger partial charge in [-0.2, -0.15) is 0 Å². The van der Waals surface area contributed by atoms with E-state index in [1.807, 2.05) is 30.3 Å². The molecule has 0 saturated heterocycles. The SMILES string of the molecule is O=c1ccn(Nc2ccccc2)[nH]1. The van der Waals surface area contributed by atoms with Crippen LogP contribution in [0.3, 0.4) is 0 Å². The van der Waals surface area contributed by atoms with Gasteiger partial charge in [-0.15, -0.1) is 0 Å². The molecular weight excluding hydrogens is 166 g/mol. The third kappa shape index (κ3) is 1.79. The van der Waals surface area contributed by atoms with Crippen molar-refractivity contribution < 1.29 is 0 Å². The molecule has 0 fully saturated rings. The van der Waals surface area contributed by atoms with Crippen LogP contribution in [0.25, 0.3) is 0 Å². The third-order valence-electron chi connectivity index (χ3n) is 1.63. The average molecular weight is 175 g/mol. The molecule has 0 radical (unpaired) electrons. The Hall–Kier alpha value is -1.97. The van der Waals surface area contributed by atoms with Crippen LogP contribution in [0.2, 0.25) is 0 Å². The summed E-state index contributed by atoms with van der Waals surface area (Å²) in [5, 5.41) is 2.57. The van der Waals surface area contributed by atoms with Crippen molar-refractivity contribution in [3.8, 4) is 0 Å². The molecule has 0 aliphatic carbocycles. The number of H-pyrrole nitrogens is 1. The molecule has 0 bridgehead atoms. The van der Waals surface area contributed by atoms with Crippen LogP contribution in [-0.2, 0) is 0 Å². The van der Waals surface area contributed by atoms with Gasteiger partial charge >= 0.3 is 0 Å². The first-order chi connectivity index (χ1) is 6.34. The van der Waals surface area contributed by atoms with Crippen LogP contribution in [0, 0.1) is 0 Å². The molecule has 4 nitrogen and oxygen atoms in total. The number of nitrogens with one attached hydrogen (secondary N) is 2. The molecule has 0 unspecified atom stereocenters. The predicted molar refractivity (Wildman–Crippen MR) is 50.5 cm³/mol. The van der Waals surface area contributed by atoms with Gasteiger partial charge in [0.05, 0.1) is 11.9 Å². The van der Waals surface area contributed by atoms with Crippen molar-refractivity contribution >= 4 is 5.69 Å². The Kier molecular flexibility index (Phi) is 1.88. The smallest absolute Gasteiger partial charge is 0.265 e. The fourth-order valence-corrected chi connectivity index (χ4v) is 1.05. The summed E-state index contributed by atoms with van der Waals surface area (Å²) >= 11 is 0. The summed E-state index contributed by atoms with van der Waals surface area (Å²) < 4.78 is 0. The van der Waals surface area contributed by atoms with E-state index in [0.717, 1.165) is 5.69 Å². The van der Waals surface area contributed by atoms with Gasteiger partial charge in [0.25, 0.3) is 5.56 Å². The minimum Gasteiger partial charge on any atom is -0.280 e. The molecule has 0 aliphatic heterocycles. The van der Waals surface area contributed by atoms with E-state index in [9.17, 15) is 4.79 Å². The lowest BCUT2D eigenvalue weighted by atomic mass is 10.3. The number of benzene rings is 1. The van der Waals surface area contributed by atoms with E-state index >= 15 is 0 Å². The number of aromatic amines is 1. The zero-order chi connectivity index (χ0) is 9.10. The zero-order valence-electron chi connectivity index (χ0n) is 6.90. The molecule has 13 heavy (non-hydrogen) atoms. The molecule has 1 aromatic carbocycles. The van der Waals surface area contributed by atoms with Crippen molar-refractivity contribution in [2.75, 3.05) is 5.43 Å². The number of nitrogens with zero attached hydrogens (tertiary/aromatic N) is 1. The van der Waals surface area contributed by atoms with Crippen LogP contribution in [0.5, 0.6) is 0 Å². The Balaban J connectivity index is 2.20. The van der Waals surface area contributed by atoms with Crippen molar-refractivity contribution in [2.45, 2.75) is 0 Å². The van der Waals surface area contributed by atoms with Crippen molar-refractivity contribution in [3.05, 3.63) is 52.9 Å². The van der Waals surface area contributed by atoms with Crippen LogP contribution < -0.4 is 11.0 Å². The van der Waals surface area contributed by atoms with E-state index in [0.29, 0.717) is 0 Å². The quantitative estimate of drug-likeness (QED) is 0.716. The molecule has 2 rings (SSSR count). The van der Waals surface area contributed by atoms with Gasteiger partial charge in [-0.25, -0.2) is 9.89 Å². The first-order valence-corrected chi connectivity index (χ1v) is 3.94. The van der Waals surface area contributed by atoms with E-state index < -0.39 is 0 Å². The number of para-hydroxylation sites is 1. The van der Waals surface area contributed by atoms with Gasteiger partial charge in [0.2, 0.25) is 0 Å². The third-order valence-corrected chi connectivity index (χ3v) is 1.63. The van der Waals surface area contributed by atoms with Crippen LogP contribution in [0.4, 0.5) is 5.69 Å². The number of anilines is 1. The summed E-state index contributed by atoms with van der Waals surface area (Å²) in [7, 11) is 0. The second kappa shape index (κ2) is 3.18. The van der Waals surface area contributed by atoms with Gasteiger partial charge in [-0.3, -0.25) is 10.2 Å². The van der Waals surface area contributed by atoms with Crippen molar-refractivity contribution in [3.63, 3.8) is 0 Å². The summed E-state index contributed by atoms with van der Waals surface area (Å²) in [6.45, 7) is 0. The Morgan fingerprint density at radius 2 is 1.92 bits per heavy atom. The maximum absolute atomic E-state index is 10.8. The fraction of sp³-hybridized carbons (Fsp3) is 0. The van der Waals surface area contributed by atoms with E-state index in [4.69, 9.17) is 0 Å². The molecule has 0 saturated carbocycles. The number of aromatic nitrogens is 2. The summed E-state index contributed by atoms with van der Waals surface area (Å²) in [5.41, 5.74) is 3.79. The Morgan fingerprint density at radius 3 is 2.54 bits per heavy atom. The molecule has 1 heterocycles. The van der Waals surface area contributed by atoms with Gasteiger partial charge in [0, 0.05) is 6.07 Å². The first-order valence-electron chi connectivity index (χ1n) is 3.94. The normalized spacial score (nSPS) is 9.85. The molecule has 0 spiro atoms. The van der Waals surface area contributed by atoms with Crippen LogP contribution in [-0.4, -0.2) is 9.89 Å². The maximum Gasteiger partial charge on any atom is 0.265 e. The highest BCUT2D eigenvalue weighted by Crippen LogP contribution is 2.03. The van der Waals surface area contributed by atoms with Crippen LogP contribution in [0.15, 0.2) is 47.4 Å². The highest BCUT2D eigenvalue weighted by atomic mass is 16.1. The molecule has 2 aromatic rings. The molecule has 1 aromatic heterocycles. The fourth-order valence-electron chi connectivity index (χ4n) is 1.05. The average Bonchev–Trinajstić information content (AvgIpc) is 2.53. The number of rotatable bonds is 2. The van der Waals surface area contributed by atoms with Crippen molar-refractivity contribution in [1.82, 2.24) is 9.89 Å². The lowest BCUT2D eigenvalue weighted by molar-refractivity contribution is 0.791. The van der Waals surface area contributed by atoms with E-state index in [1.165, 1.54) is 10.9 Å². The lowest BCUT2D eigenvalue weighted by Crippen LogP contribution is -2.12. The molecule has 0 atom stereocenters. The highest BCUT2D eigenvalue weighted by Gasteiger charge is 1.90. The van der Waals surface area contributed by atoms with Crippen molar-refractivity contribution in [2.24, 2.45) is 0 Å². The van der Waals surface area contributed by atoms with Gasteiger partial charge in [-0.1, -0.05) is 18.2 Å². The lowest BCUT2D eigenvalue weighted by Gasteiger charge is -2.05. The second-order valence-electron chi connectivity index (χ2n) is 2.64. The summed E-state index contributed by atoms with van der Waals surface area (Å²) in [4.78, 5) is 12.3. The Morgan fingerprint density at radius 1 is 1.15 bits per heavy atom. The standard InChI is InChI=1S/C9H9N3O/c13-9-6-7-12(11-9)10-8-4-2-1-3-5-8/h1-7,10H,(H,11,13). The van der Waals surface area contributed by atoms with Gasteiger partial charge in [-0.05, 0) is 12.1 Å². The minimum absolute atomic E-state index is 0.122. The van der Waals surface area contributed by atoms with Crippen LogP contribution in [0.1, 0.15) is 0 Å². The summed E-state index contributed by atoms with van der Waals surface area (Å²) in [6.07, 6.45) is 1.63. The van der Waals surface area contributed by atoms with Gasteiger partial charge < -0.3 is 0 Å². The summed E-state index contributed by atoms with van der Waals surface area (Å²) in [5.74, 6) is 0. The van der Waals surface area contributed by atoms with Gasteiger partial charge in [0.1, 0.15) is 0 Å². The summed E-state index contributed by atoms with van der Waals surface area (Å²) in [6, 6.07) is 11.1. The zero-order valence-corrected chi connectivity index (χ0v) is 6.90. The molecule has 4 heteroatoms. The Labute approximate surface area is 74.8 Å². The first kappa shape index (κ1) is 7.67. The van der Waals surface area contributed by atoms with E-state index in [2.05, 4.69) is 10.5 Å². The number of hydrogen-bond acceptors (Lipinski definition) is 2. The monoisotopic (exact) mass is 175 g/mol. The van der Waals surface area contributed by atoms with E-state index in [1.54, 1.807) is 6.20 Å². The molecular formula is C9H9N3O. The van der Waals surface area contributed by atoms with Gasteiger partial charge in [0.15, 0.2) is 0 Å². The molecule has 2 N–H and O–H groups in total. The van der Waals surface area contributed by atoms with Crippen molar-refractivity contribution in [1.29, 1.82) is 0 Å².